The number of ether oxygens (including phenoxy) is 1. The van der Waals surface area contributed by atoms with Crippen LogP contribution in [0.15, 0.2) is 42.6 Å². The SMILES string of the molecule is C=CCN1C(=O)C(c2ccc(OC)cc2)=C(N2CC(C)CC(C)C2)C1=O. The van der Waals surface area contributed by atoms with E-state index in [4.69, 9.17) is 4.74 Å². The molecule has 2 amide bonds. The molecule has 0 N–H and O–H groups in total. The summed E-state index contributed by atoms with van der Waals surface area (Å²) in [7, 11) is 1.60. The predicted molar refractivity (Wildman–Crippen MR) is 101 cm³/mol. The minimum atomic E-state index is -0.249. The van der Waals surface area contributed by atoms with Crippen molar-refractivity contribution in [3.05, 3.63) is 48.2 Å². The zero-order valence-electron chi connectivity index (χ0n) is 15.7. The molecule has 2 heterocycles. The quantitative estimate of drug-likeness (QED) is 0.603. The van der Waals surface area contributed by atoms with Crippen molar-refractivity contribution in [1.82, 2.24) is 9.80 Å². The molecule has 0 radical (unpaired) electrons. The molecule has 1 fully saturated rings. The molecule has 0 saturated carbocycles. The van der Waals surface area contributed by atoms with Gasteiger partial charge in [0.15, 0.2) is 0 Å². The van der Waals surface area contributed by atoms with Gasteiger partial charge in [0.25, 0.3) is 11.8 Å². The van der Waals surface area contributed by atoms with E-state index in [-0.39, 0.29) is 18.4 Å². The Balaban J connectivity index is 2.07. The van der Waals surface area contributed by atoms with Crippen LogP contribution in [0.4, 0.5) is 0 Å². The van der Waals surface area contributed by atoms with Gasteiger partial charge in [-0.15, -0.1) is 6.58 Å². The third kappa shape index (κ3) is 3.26. The van der Waals surface area contributed by atoms with E-state index in [9.17, 15) is 9.59 Å². The average Bonchev–Trinajstić information content (AvgIpc) is 2.86. The number of likely N-dealkylation sites (tertiary alicyclic amines) is 1. The minimum absolute atomic E-state index is 0.220. The standard InChI is InChI=1S/C21H26N2O3/c1-5-10-23-20(24)18(16-6-8-17(26-4)9-7-16)19(21(23)25)22-12-14(2)11-15(3)13-22/h5-9,14-15H,1,10-13H2,2-4H3. The fourth-order valence-corrected chi connectivity index (χ4v) is 4.01. The van der Waals surface area contributed by atoms with E-state index in [1.54, 1.807) is 13.2 Å². The molecule has 0 spiro atoms. The number of carbonyl (C=O) groups excluding carboxylic acids is 2. The minimum Gasteiger partial charge on any atom is -0.497 e. The number of piperidine rings is 1. The lowest BCUT2D eigenvalue weighted by Gasteiger charge is -2.37. The first-order valence-corrected chi connectivity index (χ1v) is 9.07. The Morgan fingerprint density at radius 3 is 2.27 bits per heavy atom. The Kier molecular flexibility index (Phi) is 5.16. The molecule has 26 heavy (non-hydrogen) atoms. The van der Waals surface area contributed by atoms with Gasteiger partial charge in [0.1, 0.15) is 11.4 Å². The monoisotopic (exact) mass is 354 g/mol. The normalized spacial score (nSPS) is 23.7. The van der Waals surface area contributed by atoms with Gasteiger partial charge in [0.05, 0.1) is 12.7 Å². The van der Waals surface area contributed by atoms with Crippen LogP contribution in [0.2, 0.25) is 0 Å². The topological polar surface area (TPSA) is 49.9 Å². The van der Waals surface area contributed by atoms with Crippen LogP contribution in [0.5, 0.6) is 5.75 Å². The first-order chi connectivity index (χ1) is 12.5. The third-order valence-corrected chi connectivity index (χ3v) is 5.02. The van der Waals surface area contributed by atoms with E-state index in [1.807, 2.05) is 24.3 Å². The molecule has 2 unspecified atom stereocenters. The Morgan fingerprint density at radius 2 is 1.73 bits per heavy atom. The first-order valence-electron chi connectivity index (χ1n) is 9.07. The first kappa shape index (κ1) is 18.2. The van der Waals surface area contributed by atoms with Crippen LogP contribution in [0, 0.1) is 11.8 Å². The molecule has 0 aromatic heterocycles. The van der Waals surface area contributed by atoms with E-state index in [2.05, 4.69) is 25.3 Å². The lowest BCUT2D eigenvalue weighted by Crippen LogP contribution is -2.41. The van der Waals surface area contributed by atoms with Gasteiger partial charge < -0.3 is 9.64 Å². The molecular formula is C21H26N2O3. The maximum absolute atomic E-state index is 13.1. The van der Waals surface area contributed by atoms with Gasteiger partial charge in [0.2, 0.25) is 0 Å². The van der Waals surface area contributed by atoms with Crippen LogP contribution < -0.4 is 4.74 Å². The van der Waals surface area contributed by atoms with Gasteiger partial charge in [-0.3, -0.25) is 14.5 Å². The lowest BCUT2D eigenvalue weighted by molar-refractivity contribution is -0.137. The van der Waals surface area contributed by atoms with Crippen molar-refractivity contribution >= 4 is 17.4 Å². The molecule has 3 rings (SSSR count). The molecule has 0 aliphatic carbocycles. The molecule has 1 aromatic carbocycles. The van der Waals surface area contributed by atoms with E-state index in [0.717, 1.165) is 30.8 Å². The second kappa shape index (κ2) is 7.36. The number of amides is 2. The highest BCUT2D eigenvalue weighted by molar-refractivity contribution is 6.35. The fraction of sp³-hybridized carbons (Fsp3) is 0.429. The highest BCUT2D eigenvalue weighted by Gasteiger charge is 2.42. The maximum atomic E-state index is 13.1. The van der Waals surface area contributed by atoms with Crippen LogP contribution in [0.25, 0.3) is 5.57 Å². The molecule has 2 atom stereocenters. The van der Waals surface area contributed by atoms with E-state index in [0.29, 0.717) is 23.1 Å². The summed E-state index contributed by atoms with van der Waals surface area (Å²) >= 11 is 0. The second-order valence-corrected chi connectivity index (χ2v) is 7.31. The lowest BCUT2D eigenvalue weighted by atomic mass is 9.91. The number of methoxy groups -OCH3 is 1. The fourth-order valence-electron chi connectivity index (χ4n) is 4.01. The van der Waals surface area contributed by atoms with Crippen molar-refractivity contribution in [3.63, 3.8) is 0 Å². The van der Waals surface area contributed by atoms with Gasteiger partial charge >= 0.3 is 0 Å². The molecule has 2 aliphatic heterocycles. The van der Waals surface area contributed by atoms with Crippen LogP contribution >= 0.6 is 0 Å². The van der Waals surface area contributed by atoms with Crippen molar-refractivity contribution < 1.29 is 14.3 Å². The van der Waals surface area contributed by atoms with E-state index in [1.165, 1.54) is 4.90 Å². The van der Waals surface area contributed by atoms with Crippen LogP contribution in [0.1, 0.15) is 25.8 Å². The Hall–Kier alpha value is -2.56. The van der Waals surface area contributed by atoms with Gasteiger partial charge in [-0.2, -0.15) is 0 Å². The number of hydrogen-bond acceptors (Lipinski definition) is 4. The van der Waals surface area contributed by atoms with E-state index >= 15 is 0 Å². The van der Waals surface area contributed by atoms with Gasteiger partial charge in [-0.05, 0) is 36.0 Å². The number of hydrogen-bond donors (Lipinski definition) is 0. The predicted octanol–water partition coefficient (Wildman–Crippen LogP) is 2.94. The number of imide groups is 1. The molecule has 2 aliphatic rings. The molecule has 5 heteroatoms. The summed E-state index contributed by atoms with van der Waals surface area (Å²) in [6.45, 7) is 9.87. The summed E-state index contributed by atoms with van der Waals surface area (Å²) in [6.07, 6.45) is 2.73. The third-order valence-electron chi connectivity index (χ3n) is 5.02. The summed E-state index contributed by atoms with van der Waals surface area (Å²) in [5, 5.41) is 0. The Labute approximate surface area is 154 Å². The van der Waals surface area contributed by atoms with Gasteiger partial charge in [-0.25, -0.2) is 0 Å². The molecule has 0 bridgehead atoms. The van der Waals surface area contributed by atoms with Crippen molar-refractivity contribution in [2.45, 2.75) is 20.3 Å². The highest BCUT2D eigenvalue weighted by Crippen LogP contribution is 2.35. The number of nitrogens with zero attached hydrogens (tertiary/aromatic N) is 2. The summed E-state index contributed by atoms with van der Waals surface area (Å²) in [5.74, 6) is 1.22. The second-order valence-electron chi connectivity index (χ2n) is 7.31. The summed E-state index contributed by atoms with van der Waals surface area (Å²) in [6, 6.07) is 7.31. The Bertz CT molecular complexity index is 741. The number of benzene rings is 1. The number of rotatable bonds is 5. The molecular weight excluding hydrogens is 328 g/mol. The molecule has 1 saturated heterocycles. The van der Waals surface area contributed by atoms with E-state index < -0.39 is 0 Å². The maximum Gasteiger partial charge on any atom is 0.278 e. The van der Waals surface area contributed by atoms with Crippen LogP contribution in [-0.4, -0.2) is 48.4 Å². The van der Waals surface area contributed by atoms with Crippen molar-refractivity contribution in [2.24, 2.45) is 11.8 Å². The van der Waals surface area contributed by atoms with Gasteiger partial charge in [0, 0.05) is 19.6 Å². The molecule has 5 nitrogen and oxygen atoms in total. The zero-order chi connectivity index (χ0) is 18.8. The smallest absolute Gasteiger partial charge is 0.278 e. The Morgan fingerprint density at radius 1 is 1.12 bits per heavy atom. The van der Waals surface area contributed by atoms with Crippen molar-refractivity contribution in [1.29, 1.82) is 0 Å². The summed E-state index contributed by atoms with van der Waals surface area (Å²) in [5.41, 5.74) is 1.76. The average molecular weight is 354 g/mol. The number of carbonyl (C=O) groups is 2. The van der Waals surface area contributed by atoms with Crippen LogP contribution in [0.3, 0.4) is 0 Å². The molecule has 1 aromatic rings. The summed E-state index contributed by atoms with van der Waals surface area (Å²) < 4.78 is 5.21. The van der Waals surface area contributed by atoms with Crippen LogP contribution in [-0.2, 0) is 9.59 Å². The zero-order valence-corrected chi connectivity index (χ0v) is 15.7. The van der Waals surface area contributed by atoms with Gasteiger partial charge in [-0.1, -0.05) is 32.1 Å². The van der Waals surface area contributed by atoms with Crippen molar-refractivity contribution in [2.75, 3.05) is 26.7 Å². The summed E-state index contributed by atoms with van der Waals surface area (Å²) in [4.78, 5) is 29.5. The largest absolute Gasteiger partial charge is 0.497 e. The highest BCUT2D eigenvalue weighted by atomic mass is 16.5. The molecule has 138 valence electrons. The van der Waals surface area contributed by atoms with Crippen molar-refractivity contribution in [3.8, 4) is 5.75 Å².